The predicted molar refractivity (Wildman–Crippen MR) is 120 cm³/mol. The minimum atomic E-state index is 0. The molecule has 2 rings (SSSR count). The zero-order valence-corrected chi connectivity index (χ0v) is 18.7. The summed E-state index contributed by atoms with van der Waals surface area (Å²) in [6, 6.07) is 8.05. The van der Waals surface area contributed by atoms with E-state index in [-0.39, 0.29) is 24.0 Å². The first kappa shape index (κ1) is 23.0. The van der Waals surface area contributed by atoms with Gasteiger partial charge in [0.2, 0.25) is 0 Å². The molecule has 0 radical (unpaired) electrons. The van der Waals surface area contributed by atoms with E-state index < -0.39 is 0 Å². The highest BCUT2D eigenvalue weighted by Crippen LogP contribution is 2.13. The second-order valence-corrected chi connectivity index (χ2v) is 6.25. The van der Waals surface area contributed by atoms with Gasteiger partial charge in [-0.05, 0) is 31.2 Å². The zero-order chi connectivity index (χ0) is 17.9. The summed E-state index contributed by atoms with van der Waals surface area (Å²) >= 11 is 0. The maximum absolute atomic E-state index is 5.27. The van der Waals surface area contributed by atoms with Crippen molar-refractivity contribution >= 4 is 29.9 Å². The van der Waals surface area contributed by atoms with Crippen LogP contribution in [0.15, 0.2) is 29.3 Å². The zero-order valence-electron chi connectivity index (χ0n) is 16.3. The van der Waals surface area contributed by atoms with E-state index in [9.17, 15) is 0 Å². The molecule has 1 fully saturated rings. The quantitative estimate of drug-likeness (QED) is 0.342. The molecular formula is C19H34IN5O. The lowest BCUT2D eigenvalue weighted by Gasteiger charge is -2.34. The summed E-state index contributed by atoms with van der Waals surface area (Å²) in [6.45, 7) is 13.6. The molecule has 7 heteroatoms. The number of benzene rings is 1. The Morgan fingerprint density at radius 1 is 1.12 bits per heavy atom. The molecule has 0 unspecified atom stereocenters. The highest BCUT2D eigenvalue weighted by atomic mass is 127. The average molecular weight is 475 g/mol. The summed E-state index contributed by atoms with van der Waals surface area (Å²) in [6.07, 6.45) is 0. The maximum atomic E-state index is 5.27. The van der Waals surface area contributed by atoms with Crippen molar-refractivity contribution in [1.82, 2.24) is 20.4 Å². The van der Waals surface area contributed by atoms with Gasteiger partial charge in [-0.3, -0.25) is 4.90 Å². The lowest BCUT2D eigenvalue weighted by atomic mass is 10.2. The van der Waals surface area contributed by atoms with Crippen LogP contribution in [-0.4, -0.2) is 75.2 Å². The number of hydrogen-bond donors (Lipinski definition) is 2. The van der Waals surface area contributed by atoms with Crippen LogP contribution in [0, 0.1) is 0 Å². The SMILES string of the molecule is CCNC(=NCc1cccc(OC)c1)NCCN1CCN(CC)CC1.I. The van der Waals surface area contributed by atoms with E-state index >= 15 is 0 Å². The van der Waals surface area contributed by atoms with Crippen LogP contribution in [0.1, 0.15) is 19.4 Å². The van der Waals surface area contributed by atoms with Crippen LogP contribution >= 0.6 is 24.0 Å². The highest BCUT2D eigenvalue weighted by molar-refractivity contribution is 14.0. The molecule has 0 aromatic heterocycles. The molecular weight excluding hydrogens is 441 g/mol. The molecule has 1 aromatic carbocycles. The van der Waals surface area contributed by atoms with Crippen molar-refractivity contribution in [3.63, 3.8) is 0 Å². The molecule has 1 saturated heterocycles. The molecule has 1 aromatic rings. The molecule has 0 saturated carbocycles. The maximum Gasteiger partial charge on any atom is 0.191 e. The first-order valence-corrected chi connectivity index (χ1v) is 9.35. The van der Waals surface area contributed by atoms with Crippen molar-refractivity contribution in [2.45, 2.75) is 20.4 Å². The van der Waals surface area contributed by atoms with Gasteiger partial charge < -0.3 is 20.3 Å². The van der Waals surface area contributed by atoms with Gasteiger partial charge in [-0.25, -0.2) is 4.99 Å². The number of guanidine groups is 1. The second-order valence-electron chi connectivity index (χ2n) is 6.25. The van der Waals surface area contributed by atoms with E-state index in [2.05, 4.69) is 45.3 Å². The number of hydrogen-bond acceptors (Lipinski definition) is 4. The molecule has 0 aliphatic carbocycles. The van der Waals surface area contributed by atoms with Crippen molar-refractivity contribution in [2.24, 2.45) is 4.99 Å². The molecule has 148 valence electrons. The van der Waals surface area contributed by atoms with Crippen molar-refractivity contribution < 1.29 is 4.74 Å². The normalized spacial score (nSPS) is 16.0. The third-order valence-corrected chi connectivity index (χ3v) is 4.53. The summed E-state index contributed by atoms with van der Waals surface area (Å²) in [5, 5.41) is 6.76. The third-order valence-electron chi connectivity index (χ3n) is 4.53. The summed E-state index contributed by atoms with van der Waals surface area (Å²) in [7, 11) is 1.69. The largest absolute Gasteiger partial charge is 0.497 e. The number of halogens is 1. The predicted octanol–water partition coefficient (Wildman–Crippen LogP) is 2.01. The second kappa shape index (κ2) is 13.2. The number of likely N-dealkylation sites (N-methyl/N-ethyl adjacent to an activating group) is 1. The van der Waals surface area contributed by atoms with E-state index in [1.54, 1.807) is 7.11 Å². The third kappa shape index (κ3) is 8.09. The number of rotatable bonds is 8. The van der Waals surface area contributed by atoms with Gasteiger partial charge in [-0.2, -0.15) is 0 Å². The first-order valence-electron chi connectivity index (χ1n) is 9.35. The fourth-order valence-corrected chi connectivity index (χ4v) is 2.94. The van der Waals surface area contributed by atoms with Crippen molar-refractivity contribution in [3.8, 4) is 5.75 Å². The molecule has 1 heterocycles. The van der Waals surface area contributed by atoms with Crippen LogP contribution in [0.2, 0.25) is 0 Å². The lowest BCUT2D eigenvalue weighted by Crippen LogP contribution is -2.49. The Hall–Kier alpha value is -1.06. The Morgan fingerprint density at radius 2 is 1.85 bits per heavy atom. The van der Waals surface area contributed by atoms with Gasteiger partial charge in [-0.1, -0.05) is 19.1 Å². The van der Waals surface area contributed by atoms with Gasteiger partial charge in [0.25, 0.3) is 0 Å². The Balaban J connectivity index is 0.00000338. The number of methoxy groups -OCH3 is 1. The van der Waals surface area contributed by atoms with E-state index in [1.807, 2.05) is 18.2 Å². The van der Waals surface area contributed by atoms with Crippen LogP contribution in [0.25, 0.3) is 0 Å². The molecule has 0 bridgehead atoms. The topological polar surface area (TPSA) is 52.1 Å². The van der Waals surface area contributed by atoms with Crippen molar-refractivity contribution in [3.05, 3.63) is 29.8 Å². The monoisotopic (exact) mass is 475 g/mol. The van der Waals surface area contributed by atoms with Crippen LogP contribution in [0.3, 0.4) is 0 Å². The Kier molecular flexibility index (Phi) is 11.6. The Morgan fingerprint density at radius 3 is 2.50 bits per heavy atom. The molecule has 2 N–H and O–H groups in total. The Labute approximate surface area is 175 Å². The van der Waals surface area contributed by atoms with Crippen molar-refractivity contribution in [1.29, 1.82) is 0 Å². The van der Waals surface area contributed by atoms with Gasteiger partial charge in [0.15, 0.2) is 5.96 Å². The fraction of sp³-hybridized carbons (Fsp3) is 0.632. The lowest BCUT2D eigenvalue weighted by molar-refractivity contribution is 0.139. The number of piperazine rings is 1. The summed E-state index contributed by atoms with van der Waals surface area (Å²) < 4.78 is 5.27. The van der Waals surface area contributed by atoms with E-state index in [0.29, 0.717) is 6.54 Å². The molecule has 6 nitrogen and oxygen atoms in total. The summed E-state index contributed by atoms with van der Waals surface area (Å²) in [5.74, 6) is 1.74. The van der Waals surface area contributed by atoms with E-state index in [1.165, 1.54) is 13.1 Å². The van der Waals surface area contributed by atoms with Gasteiger partial charge >= 0.3 is 0 Å². The van der Waals surface area contributed by atoms with E-state index in [0.717, 1.165) is 56.5 Å². The van der Waals surface area contributed by atoms with Gasteiger partial charge in [0.1, 0.15) is 5.75 Å². The summed E-state index contributed by atoms with van der Waals surface area (Å²) in [4.78, 5) is 9.70. The van der Waals surface area contributed by atoms with Crippen LogP contribution in [0.4, 0.5) is 0 Å². The molecule has 0 amide bonds. The molecule has 0 atom stereocenters. The minimum absolute atomic E-state index is 0. The fourth-order valence-electron chi connectivity index (χ4n) is 2.94. The standard InChI is InChI=1S/C19H33N5O.HI/c1-4-20-19(22-16-17-7-6-8-18(15-17)25-3)21-9-10-24-13-11-23(5-2)12-14-24;/h6-8,15H,4-5,9-14,16H2,1-3H3,(H2,20,21,22);1H. The first-order chi connectivity index (χ1) is 12.2. The number of aliphatic imine (C=N–C) groups is 1. The van der Waals surface area contributed by atoms with Gasteiger partial charge in [0.05, 0.1) is 13.7 Å². The van der Waals surface area contributed by atoms with Gasteiger partial charge in [-0.15, -0.1) is 24.0 Å². The molecule has 26 heavy (non-hydrogen) atoms. The van der Waals surface area contributed by atoms with Crippen LogP contribution in [-0.2, 0) is 6.54 Å². The Bertz CT molecular complexity index is 532. The number of ether oxygens (including phenoxy) is 1. The highest BCUT2D eigenvalue weighted by Gasteiger charge is 2.14. The minimum Gasteiger partial charge on any atom is -0.497 e. The van der Waals surface area contributed by atoms with Gasteiger partial charge in [0, 0.05) is 45.8 Å². The van der Waals surface area contributed by atoms with E-state index in [4.69, 9.17) is 4.74 Å². The van der Waals surface area contributed by atoms with Crippen molar-refractivity contribution in [2.75, 3.05) is 59.5 Å². The molecule has 0 spiro atoms. The number of nitrogens with zero attached hydrogens (tertiary/aromatic N) is 3. The summed E-state index contributed by atoms with van der Waals surface area (Å²) in [5.41, 5.74) is 1.15. The molecule has 1 aliphatic heterocycles. The number of nitrogens with one attached hydrogen (secondary N) is 2. The average Bonchev–Trinajstić information content (AvgIpc) is 2.66. The van der Waals surface area contributed by atoms with Crippen LogP contribution in [0.5, 0.6) is 5.75 Å². The smallest absolute Gasteiger partial charge is 0.191 e. The van der Waals surface area contributed by atoms with Crippen LogP contribution < -0.4 is 15.4 Å². The molecule has 1 aliphatic rings.